The molecule has 0 spiro atoms. The summed E-state index contributed by atoms with van der Waals surface area (Å²) in [5, 5.41) is 21.3. The van der Waals surface area contributed by atoms with Gasteiger partial charge in [-0.15, -0.1) is 0 Å². The Morgan fingerprint density at radius 3 is 2.50 bits per heavy atom. The molecule has 2 aromatic carbocycles. The van der Waals surface area contributed by atoms with Crippen LogP contribution in [0.2, 0.25) is 0 Å². The number of amides is 1. The Bertz CT molecular complexity index is 1250. The fourth-order valence-corrected chi connectivity index (χ4v) is 7.63. The van der Waals surface area contributed by atoms with Crippen molar-refractivity contribution in [3.05, 3.63) is 65.2 Å². The minimum absolute atomic E-state index is 0.00367. The number of aliphatic carboxylic acids is 1. The molecule has 3 N–H and O–H groups in total. The van der Waals surface area contributed by atoms with Crippen molar-refractivity contribution in [2.24, 2.45) is 10.8 Å². The Morgan fingerprint density at radius 2 is 1.76 bits per heavy atom. The highest BCUT2D eigenvalue weighted by Crippen LogP contribution is 2.53. The molecule has 5 atom stereocenters. The van der Waals surface area contributed by atoms with E-state index in [0.717, 1.165) is 36.2 Å². The van der Waals surface area contributed by atoms with Crippen molar-refractivity contribution >= 4 is 17.6 Å². The third-order valence-corrected chi connectivity index (χ3v) is 9.06. The van der Waals surface area contributed by atoms with E-state index in [1.807, 2.05) is 48.5 Å². The largest absolute Gasteiger partial charge is 0.481 e. The van der Waals surface area contributed by atoms with E-state index in [1.54, 1.807) is 0 Å². The minimum atomic E-state index is -0.845. The van der Waals surface area contributed by atoms with Gasteiger partial charge in [0.05, 0.1) is 18.8 Å². The van der Waals surface area contributed by atoms with Crippen molar-refractivity contribution in [1.82, 2.24) is 4.90 Å². The van der Waals surface area contributed by atoms with Crippen molar-refractivity contribution in [3.63, 3.8) is 0 Å². The van der Waals surface area contributed by atoms with Crippen LogP contribution in [0, 0.1) is 10.8 Å². The first kappa shape index (κ1) is 30.7. The maximum Gasteiger partial charge on any atom is 0.303 e. The second kappa shape index (κ2) is 12.8. The molecule has 3 fully saturated rings. The minimum Gasteiger partial charge on any atom is -0.481 e. The SMILES string of the molecule is CC1(C)CC2CC(C)(CN2CC2CC(c3ccc(CO)cc3)OC(c3cccc(NC(=O)CCCCC(=O)O)c3)O2)C1. The highest BCUT2D eigenvalue weighted by molar-refractivity contribution is 5.90. The van der Waals surface area contributed by atoms with Crippen molar-refractivity contribution in [3.8, 4) is 0 Å². The van der Waals surface area contributed by atoms with E-state index >= 15 is 0 Å². The van der Waals surface area contributed by atoms with Gasteiger partial charge in [0.2, 0.25) is 5.91 Å². The van der Waals surface area contributed by atoms with Crippen LogP contribution in [0.15, 0.2) is 48.5 Å². The zero-order chi connectivity index (χ0) is 29.9. The summed E-state index contributed by atoms with van der Waals surface area (Å²) in [6.45, 7) is 9.19. The molecule has 2 saturated heterocycles. The highest BCUT2D eigenvalue weighted by atomic mass is 16.7. The van der Waals surface area contributed by atoms with E-state index in [-0.39, 0.29) is 37.6 Å². The molecule has 1 saturated carbocycles. The van der Waals surface area contributed by atoms with Gasteiger partial charge in [-0.2, -0.15) is 0 Å². The molecule has 0 radical (unpaired) electrons. The number of nitrogens with zero attached hydrogens (tertiary/aromatic N) is 1. The zero-order valence-corrected chi connectivity index (χ0v) is 25.2. The first-order chi connectivity index (χ1) is 20.0. The summed E-state index contributed by atoms with van der Waals surface area (Å²) in [4.78, 5) is 25.9. The van der Waals surface area contributed by atoms with Gasteiger partial charge in [-0.05, 0) is 66.2 Å². The number of carbonyl (C=O) groups is 2. The standard InChI is InChI=1S/C34H46N2O6/c1-33(2)17-27-18-34(3,21-33)22-36(27)19-28-16-29(24-13-11-23(20-37)12-14-24)42-32(41-28)25-7-6-8-26(15-25)35-30(38)9-4-5-10-31(39)40/h6-8,11-15,27-29,32,37H,4-5,9-10,16-22H2,1-3H3,(H,35,38)(H,39,40). The number of aliphatic hydroxyl groups is 1. The fraction of sp³-hybridized carbons (Fsp3) is 0.588. The second-order valence-corrected chi connectivity index (χ2v) is 13.8. The third kappa shape index (κ3) is 7.78. The normalized spacial score (nSPS) is 28.9. The summed E-state index contributed by atoms with van der Waals surface area (Å²) in [6, 6.07) is 16.1. The lowest BCUT2D eigenvalue weighted by atomic mass is 9.65. The molecule has 42 heavy (non-hydrogen) atoms. The van der Waals surface area contributed by atoms with Crippen LogP contribution in [-0.4, -0.2) is 52.2 Å². The van der Waals surface area contributed by atoms with Crippen molar-refractivity contribution < 1.29 is 29.3 Å². The number of carboxylic acid groups (broad SMARTS) is 1. The number of nitrogens with one attached hydrogen (secondary N) is 1. The number of ether oxygens (including phenoxy) is 2. The van der Waals surface area contributed by atoms with E-state index in [9.17, 15) is 14.7 Å². The quantitative estimate of drug-likeness (QED) is 0.272. The van der Waals surface area contributed by atoms with Gasteiger partial charge >= 0.3 is 5.97 Å². The molecule has 3 aliphatic rings. The third-order valence-electron chi connectivity index (χ3n) is 9.06. The number of carboxylic acids is 1. The van der Waals surface area contributed by atoms with Gasteiger partial charge in [-0.25, -0.2) is 0 Å². The van der Waals surface area contributed by atoms with Crippen LogP contribution in [-0.2, 0) is 25.7 Å². The highest BCUT2D eigenvalue weighted by Gasteiger charge is 2.50. The molecule has 2 heterocycles. The van der Waals surface area contributed by atoms with Crippen LogP contribution in [0.3, 0.4) is 0 Å². The second-order valence-electron chi connectivity index (χ2n) is 13.8. The molecule has 1 amide bonds. The van der Waals surface area contributed by atoms with Crippen LogP contribution in [0.25, 0.3) is 0 Å². The molecule has 5 unspecified atom stereocenters. The molecule has 8 nitrogen and oxygen atoms in total. The van der Waals surface area contributed by atoms with Gasteiger partial charge in [0.1, 0.15) is 0 Å². The molecule has 8 heteroatoms. The van der Waals surface area contributed by atoms with Crippen molar-refractivity contribution in [2.75, 3.05) is 18.4 Å². The summed E-state index contributed by atoms with van der Waals surface area (Å²) in [6.07, 6.45) is 5.01. The maximum absolute atomic E-state index is 12.5. The zero-order valence-electron chi connectivity index (χ0n) is 25.2. The number of aliphatic hydroxyl groups excluding tert-OH is 1. The van der Waals surface area contributed by atoms with Crippen LogP contribution in [0.1, 0.15) is 101 Å². The van der Waals surface area contributed by atoms with Gasteiger partial charge in [0.15, 0.2) is 6.29 Å². The van der Waals surface area contributed by atoms with Gasteiger partial charge < -0.3 is 25.0 Å². The molecule has 2 bridgehead atoms. The number of carbonyl (C=O) groups excluding carboxylic acids is 1. The Kier molecular flexibility index (Phi) is 9.38. The monoisotopic (exact) mass is 578 g/mol. The number of rotatable bonds is 11. The summed E-state index contributed by atoms with van der Waals surface area (Å²) >= 11 is 0. The van der Waals surface area contributed by atoms with Gasteiger partial charge in [-0.1, -0.05) is 57.2 Å². The number of likely N-dealkylation sites (tertiary alicyclic amines) is 1. The van der Waals surface area contributed by atoms with Crippen molar-refractivity contribution in [2.45, 2.75) is 103 Å². The molecule has 1 aliphatic carbocycles. The van der Waals surface area contributed by atoms with Gasteiger partial charge in [-0.3, -0.25) is 14.5 Å². The molecule has 2 aromatic rings. The fourth-order valence-electron chi connectivity index (χ4n) is 7.63. The number of hydrogen-bond acceptors (Lipinski definition) is 6. The Morgan fingerprint density at radius 1 is 1.00 bits per heavy atom. The Labute approximate surface area is 249 Å². The topological polar surface area (TPSA) is 108 Å². The smallest absolute Gasteiger partial charge is 0.303 e. The lowest BCUT2D eigenvalue weighted by Gasteiger charge is -2.41. The van der Waals surface area contributed by atoms with Crippen LogP contribution in [0.5, 0.6) is 0 Å². The molecule has 2 aliphatic heterocycles. The Balaban J connectivity index is 1.30. The van der Waals surface area contributed by atoms with E-state index in [4.69, 9.17) is 14.6 Å². The van der Waals surface area contributed by atoms with Gasteiger partial charge in [0.25, 0.3) is 0 Å². The lowest BCUT2D eigenvalue weighted by Crippen LogP contribution is -2.42. The summed E-state index contributed by atoms with van der Waals surface area (Å²) in [5.41, 5.74) is 4.13. The first-order valence-electron chi connectivity index (χ1n) is 15.4. The first-order valence-corrected chi connectivity index (χ1v) is 15.4. The molecular formula is C34H46N2O6. The van der Waals surface area contributed by atoms with Crippen LogP contribution >= 0.6 is 0 Å². The average molecular weight is 579 g/mol. The maximum atomic E-state index is 12.5. The number of fused-ring (bicyclic) bond motifs is 2. The molecule has 0 aromatic heterocycles. The average Bonchev–Trinajstić information content (AvgIpc) is 3.18. The van der Waals surface area contributed by atoms with Crippen LogP contribution < -0.4 is 5.32 Å². The van der Waals surface area contributed by atoms with E-state index < -0.39 is 12.3 Å². The lowest BCUT2D eigenvalue weighted by molar-refractivity contribution is -0.253. The number of hydrogen-bond donors (Lipinski definition) is 3. The summed E-state index contributed by atoms with van der Waals surface area (Å²) < 4.78 is 13.2. The van der Waals surface area contributed by atoms with Gasteiger partial charge in [0, 0.05) is 49.6 Å². The van der Waals surface area contributed by atoms with E-state index in [0.29, 0.717) is 35.4 Å². The Hall–Kier alpha value is -2.78. The van der Waals surface area contributed by atoms with E-state index in [2.05, 4.69) is 31.0 Å². The predicted molar refractivity (Wildman–Crippen MR) is 161 cm³/mol. The predicted octanol–water partition coefficient (Wildman–Crippen LogP) is 6.21. The molecule has 5 rings (SSSR count). The number of anilines is 1. The van der Waals surface area contributed by atoms with Crippen LogP contribution in [0.4, 0.5) is 5.69 Å². The molecule has 228 valence electrons. The number of unbranched alkanes of at least 4 members (excludes halogenated alkanes) is 1. The van der Waals surface area contributed by atoms with E-state index in [1.165, 1.54) is 19.3 Å². The number of benzene rings is 2. The molecular weight excluding hydrogens is 532 g/mol. The van der Waals surface area contributed by atoms with Crippen molar-refractivity contribution in [1.29, 1.82) is 0 Å². The summed E-state index contributed by atoms with van der Waals surface area (Å²) in [5.74, 6) is -0.985. The summed E-state index contributed by atoms with van der Waals surface area (Å²) in [7, 11) is 0.